The number of nitrogen functional groups attached to an aromatic ring is 1. The number of hydrogen-bond donors (Lipinski definition) is 2. The highest BCUT2D eigenvalue weighted by Gasteiger charge is 2.32. The number of unbranched alkanes of at least 4 members (excludes halogenated alkanes) is 1. The van der Waals surface area contributed by atoms with E-state index in [4.69, 9.17) is 10.2 Å². The maximum absolute atomic E-state index is 13.8. The van der Waals surface area contributed by atoms with Crippen molar-refractivity contribution in [2.24, 2.45) is 5.10 Å². The highest BCUT2D eigenvalue weighted by molar-refractivity contribution is 6.44. The van der Waals surface area contributed by atoms with E-state index in [1.165, 1.54) is 15.8 Å². The van der Waals surface area contributed by atoms with E-state index in [-0.39, 0.29) is 49.1 Å². The molecule has 0 fully saturated rings. The van der Waals surface area contributed by atoms with Crippen molar-refractivity contribution in [3.05, 3.63) is 74.8 Å². The van der Waals surface area contributed by atoms with Crippen LogP contribution < -0.4 is 26.9 Å². The lowest BCUT2D eigenvalue weighted by Gasteiger charge is -2.27. The maximum Gasteiger partial charge on any atom is 0.330 e. The molecule has 1 aliphatic rings. The molecule has 0 atom stereocenters. The molecule has 2 aromatic heterocycles. The van der Waals surface area contributed by atoms with E-state index in [0.717, 1.165) is 16.9 Å². The number of anilines is 3. The van der Waals surface area contributed by atoms with Crippen LogP contribution in [-0.2, 0) is 22.7 Å². The summed E-state index contributed by atoms with van der Waals surface area (Å²) in [5.74, 6) is -0.591. The van der Waals surface area contributed by atoms with Gasteiger partial charge in [0.25, 0.3) is 11.5 Å². The van der Waals surface area contributed by atoms with Crippen molar-refractivity contribution in [2.75, 3.05) is 15.6 Å². The number of H-pyrrole nitrogens is 1. The Labute approximate surface area is 206 Å². The second-order valence-corrected chi connectivity index (χ2v) is 8.56. The van der Waals surface area contributed by atoms with Crippen LogP contribution in [-0.4, -0.2) is 27.1 Å². The molecule has 188 valence electrons. The largest absolute Gasteiger partial charge is 0.467 e. The van der Waals surface area contributed by atoms with Crippen LogP contribution in [0.4, 0.5) is 17.2 Å². The Hall–Kier alpha value is -4.41. The first-order chi connectivity index (χ1) is 17.3. The zero-order chi connectivity index (χ0) is 25.8. The average Bonchev–Trinajstić information content (AvgIpc) is 3.36. The first-order valence-electron chi connectivity index (χ1n) is 11.7. The number of carbonyl (C=O) groups is 2. The minimum absolute atomic E-state index is 0.0644. The fourth-order valence-corrected chi connectivity index (χ4v) is 4.01. The summed E-state index contributed by atoms with van der Waals surface area (Å²) in [6.07, 6.45) is 3.05. The Bertz CT molecular complexity index is 1420. The van der Waals surface area contributed by atoms with Crippen molar-refractivity contribution in [1.82, 2.24) is 9.55 Å². The summed E-state index contributed by atoms with van der Waals surface area (Å²) in [5, 5.41) is 5.55. The molecule has 0 unspecified atom stereocenters. The third-order valence-corrected chi connectivity index (χ3v) is 5.88. The molecule has 0 radical (unpaired) electrons. The normalized spacial score (nSPS) is 13.6. The number of aryl methyl sites for hydroxylation is 1. The number of aromatic amines is 1. The summed E-state index contributed by atoms with van der Waals surface area (Å²) in [6, 6.07) is 10.5. The molecule has 0 saturated carbocycles. The Morgan fingerprint density at radius 3 is 2.69 bits per heavy atom. The predicted octanol–water partition coefficient (Wildman–Crippen LogP) is 2.54. The van der Waals surface area contributed by atoms with Crippen LogP contribution >= 0.6 is 0 Å². The van der Waals surface area contributed by atoms with E-state index in [9.17, 15) is 19.2 Å². The van der Waals surface area contributed by atoms with E-state index in [2.05, 4.69) is 10.1 Å². The molecule has 1 aromatic carbocycles. The molecule has 0 aliphatic carbocycles. The van der Waals surface area contributed by atoms with Gasteiger partial charge in [0, 0.05) is 19.4 Å². The van der Waals surface area contributed by atoms with Gasteiger partial charge in [-0.1, -0.05) is 25.5 Å². The van der Waals surface area contributed by atoms with Crippen molar-refractivity contribution >= 4 is 34.7 Å². The number of aromatic nitrogens is 2. The van der Waals surface area contributed by atoms with Crippen LogP contribution in [0.1, 0.15) is 43.9 Å². The van der Waals surface area contributed by atoms with Gasteiger partial charge in [-0.2, -0.15) is 5.10 Å². The highest BCUT2D eigenvalue weighted by atomic mass is 16.3. The van der Waals surface area contributed by atoms with Gasteiger partial charge in [0.1, 0.15) is 17.3 Å². The number of hydrazone groups is 1. The standard InChI is InChI=1S/C25H28N6O5/c1-3-4-12-29-22(26)21(23(33)27-25(29)35)30(15-18-9-6-13-36-18)24(34)19-10-11-20(32)31(28-19)17-8-5-7-16(2)14-17/h5-9,13-14H,3-4,10-12,15,26H2,1-2H3,(H,27,33,35). The van der Waals surface area contributed by atoms with Gasteiger partial charge in [0.05, 0.1) is 18.5 Å². The van der Waals surface area contributed by atoms with Gasteiger partial charge < -0.3 is 10.2 Å². The third kappa shape index (κ3) is 4.99. The molecular formula is C25H28N6O5. The van der Waals surface area contributed by atoms with Gasteiger partial charge in [-0.15, -0.1) is 0 Å². The second-order valence-electron chi connectivity index (χ2n) is 8.56. The second kappa shape index (κ2) is 10.5. The van der Waals surface area contributed by atoms with E-state index in [0.29, 0.717) is 17.9 Å². The Balaban J connectivity index is 1.80. The summed E-state index contributed by atoms with van der Waals surface area (Å²) in [5.41, 5.74) is 6.22. The van der Waals surface area contributed by atoms with Gasteiger partial charge >= 0.3 is 5.69 Å². The Kier molecular flexibility index (Phi) is 7.18. The monoisotopic (exact) mass is 492 g/mol. The number of rotatable bonds is 8. The first-order valence-corrected chi connectivity index (χ1v) is 11.7. The average molecular weight is 493 g/mol. The van der Waals surface area contributed by atoms with Crippen LogP contribution in [0.2, 0.25) is 0 Å². The number of nitrogens with zero attached hydrogens (tertiary/aromatic N) is 4. The summed E-state index contributed by atoms with van der Waals surface area (Å²) in [4.78, 5) is 55.2. The van der Waals surface area contributed by atoms with Crippen LogP contribution in [0.5, 0.6) is 0 Å². The smallest absolute Gasteiger partial charge is 0.330 e. The van der Waals surface area contributed by atoms with Crippen molar-refractivity contribution < 1.29 is 14.0 Å². The molecule has 1 aliphatic heterocycles. The fourth-order valence-electron chi connectivity index (χ4n) is 4.01. The summed E-state index contributed by atoms with van der Waals surface area (Å²) < 4.78 is 6.67. The van der Waals surface area contributed by atoms with Crippen molar-refractivity contribution in [3.8, 4) is 0 Å². The van der Waals surface area contributed by atoms with E-state index < -0.39 is 17.2 Å². The molecule has 11 nitrogen and oxygen atoms in total. The van der Waals surface area contributed by atoms with Gasteiger partial charge in [0.2, 0.25) is 5.91 Å². The molecule has 0 bridgehead atoms. The van der Waals surface area contributed by atoms with Crippen molar-refractivity contribution in [2.45, 2.75) is 52.6 Å². The molecular weight excluding hydrogens is 464 g/mol. The van der Waals surface area contributed by atoms with E-state index >= 15 is 0 Å². The number of carbonyl (C=O) groups excluding carboxylic acids is 2. The van der Waals surface area contributed by atoms with Gasteiger partial charge in [-0.25, -0.2) is 9.80 Å². The first kappa shape index (κ1) is 24.7. The van der Waals surface area contributed by atoms with Gasteiger partial charge in [0.15, 0.2) is 5.69 Å². The molecule has 3 aromatic rings. The highest BCUT2D eigenvalue weighted by Crippen LogP contribution is 2.25. The number of hydrogen-bond acceptors (Lipinski definition) is 7. The molecule has 36 heavy (non-hydrogen) atoms. The summed E-state index contributed by atoms with van der Waals surface area (Å²) in [6.45, 7) is 4.01. The molecule has 0 saturated heterocycles. The van der Waals surface area contributed by atoms with E-state index in [1.807, 2.05) is 19.9 Å². The topological polar surface area (TPSA) is 147 Å². The zero-order valence-corrected chi connectivity index (χ0v) is 20.2. The number of benzene rings is 1. The van der Waals surface area contributed by atoms with E-state index in [1.54, 1.807) is 30.3 Å². The van der Waals surface area contributed by atoms with Crippen LogP contribution in [0, 0.1) is 6.92 Å². The predicted molar refractivity (Wildman–Crippen MR) is 136 cm³/mol. The number of furan rings is 1. The summed E-state index contributed by atoms with van der Waals surface area (Å²) in [7, 11) is 0. The zero-order valence-electron chi connectivity index (χ0n) is 20.2. The molecule has 3 N–H and O–H groups in total. The minimum Gasteiger partial charge on any atom is -0.467 e. The molecule has 0 spiro atoms. The quantitative estimate of drug-likeness (QED) is 0.494. The Morgan fingerprint density at radius 1 is 1.19 bits per heavy atom. The lowest BCUT2D eigenvalue weighted by atomic mass is 10.1. The van der Waals surface area contributed by atoms with Crippen LogP contribution in [0.15, 0.2) is 61.8 Å². The SMILES string of the molecule is CCCCn1c(N)c(N(Cc2ccco2)C(=O)C2=NN(c3cccc(C)c3)C(=O)CC2)c(=O)[nH]c1=O. The Morgan fingerprint density at radius 2 is 2.00 bits per heavy atom. The fraction of sp³-hybridized carbons (Fsp3) is 0.320. The number of nitrogens with two attached hydrogens (primary N) is 1. The van der Waals surface area contributed by atoms with Crippen molar-refractivity contribution in [1.29, 1.82) is 0 Å². The van der Waals surface area contributed by atoms with Crippen LogP contribution in [0.3, 0.4) is 0 Å². The lowest BCUT2D eigenvalue weighted by Crippen LogP contribution is -2.45. The maximum atomic E-state index is 13.8. The van der Waals surface area contributed by atoms with Crippen molar-refractivity contribution in [3.63, 3.8) is 0 Å². The third-order valence-electron chi connectivity index (χ3n) is 5.88. The minimum atomic E-state index is -0.798. The van der Waals surface area contributed by atoms with Gasteiger partial charge in [-0.3, -0.25) is 28.8 Å². The molecule has 4 rings (SSSR count). The molecule has 3 heterocycles. The van der Waals surface area contributed by atoms with Crippen LogP contribution in [0.25, 0.3) is 0 Å². The lowest BCUT2D eigenvalue weighted by molar-refractivity contribution is -0.118. The number of nitrogens with one attached hydrogen (secondary N) is 1. The summed E-state index contributed by atoms with van der Waals surface area (Å²) >= 11 is 0. The molecule has 2 amide bonds. The number of amides is 2. The van der Waals surface area contributed by atoms with Gasteiger partial charge in [-0.05, 0) is 43.2 Å². The molecule has 11 heteroatoms.